The average molecular weight is 616 g/mol. The zero-order valence-electron chi connectivity index (χ0n) is 22.4. The molecule has 1 N–H and O–H groups in total. The lowest BCUT2D eigenvalue weighted by Gasteiger charge is -2.37. The minimum atomic E-state index is -4.89. The van der Waals surface area contributed by atoms with Gasteiger partial charge in [-0.1, -0.05) is 24.6 Å². The van der Waals surface area contributed by atoms with E-state index < -0.39 is 35.3 Å². The number of carboxylic acids is 1. The second-order valence-corrected chi connectivity index (χ2v) is 10.6. The Morgan fingerprint density at radius 3 is 2.39 bits per heavy atom. The van der Waals surface area contributed by atoms with E-state index in [0.717, 1.165) is 49.3 Å². The van der Waals surface area contributed by atoms with E-state index in [-0.39, 0.29) is 19.0 Å². The Morgan fingerprint density at radius 1 is 1.05 bits per heavy atom. The third-order valence-electron chi connectivity index (χ3n) is 7.76. The van der Waals surface area contributed by atoms with E-state index in [4.69, 9.17) is 11.6 Å². The molecule has 1 aromatic heterocycles. The van der Waals surface area contributed by atoms with Crippen LogP contribution >= 0.6 is 24.0 Å². The Labute approximate surface area is 246 Å². The lowest BCUT2D eigenvalue weighted by Crippen LogP contribution is -2.46. The molecule has 0 saturated carbocycles. The molecular weight excluding hydrogens is 585 g/mol. The number of likely N-dealkylation sites (N-methyl/N-ethyl adjacent to an activating group) is 1. The number of nitrogens with zero attached hydrogens (tertiary/aromatic N) is 5. The standard InChI is InChI=1S/C28H30ClF4N5O2.ClH/c1-2-35-10-12-36(13-11-35)19-6-8-21(24(30)15-19)22-7-5-18(29)14-25(22)37-9-3-4-20(17-37)38-26(28(31,32)33)23(16-34-38)27(39)40;/h5-8,14-16,20H,2-4,9-13,17H2,1H3,(H,39,40);1H. The molecule has 3 heterocycles. The molecule has 0 radical (unpaired) electrons. The van der Waals surface area contributed by atoms with E-state index in [9.17, 15) is 23.1 Å². The molecule has 13 heteroatoms. The summed E-state index contributed by atoms with van der Waals surface area (Å²) in [6.45, 7) is 7.19. The summed E-state index contributed by atoms with van der Waals surface area (Å²) in [5.74, 6) is -2.08. The van der Waals surface area contributed by atoms with Gasteiger partial charge < -0.3 is 19.8 Å². The highest BCUT2D eigenvalue weighted by molar-refractivity contribution is 6.31. The van der Waals surface area contributed by atoms with E-state index in [2.05, 4.69) is 21.8 Å². The molecule has 1 unspecified atom stereocenters. The van der Waals surface area contributed by atoms with Crippen molar-refractivity contribution in [1.82, 2.24) is 14.7 Å². The van der Waals surface area contributed by atoms with Crippen LogP contribution in [-0.4, -0.2) is 71.6 Å². The molecule has 2 aliphatic rings. The summed E-state index contributed by atoms with van der Waals surface area (Å²) < 4.78 is 58.0. The Kier molecular flexibility index (Phi) is 9.40. The summed E-state index contributed by atoms with van der Waals surface area (Å²) in [6.07, 6.45) is -3.23. The third kappa shape index (κ3) is 6.42. The highest BCUT2D eigenvalue weighted by Gasteiger charge is 2.42. The Balaban J connectivity index is 0.00000387. The second kappa shape index (κ2) is 12.5. The molecule has 7 nitrogen and oxygen atoms in total. The number of alkyl halides is 3. The van der Waals surface area contributed by atoms with Crippen LogP contribution in [0.2, 0.25) is 5.02 Å². The molecule has 5 rings (SSSR count). The van der Waals surface area contributed by atoms with Gasteiger partial charge in [0.05, 0.1) is 12.2 Å². The fraction of sp³-hybridized carbons (Fsp3) is 0.429. The zero-order valence-corrected chi connectivity index (χ0v) is 23.9. The van der Waals surface area contributed by atoms with Crippen molar-refractivity contribution < 1.29 is 27.5 Å². The first kappa shape index (κ1) is 30.9. The first-order valence-electron chi connectivity index (χ1n) is 13.3. The molecule has 2 fully saturated rings. The van der Waals surface area contributed by atoms with Gasteiger partial charge in [-0.3, -0.25) is 4.68 Å². The van der Waals surface area contributed by atoms with Crippen LogP contribution in [0.25, 0.3) is 11.1 Å². The van der Waals surface area contributed by atoms with Gasteiger partial charge in [-0.15, -0.1) is 12.4 Å². The van der Waals surface area contributed by atoms with Gasteiger partial charge in [-0.05, 0) is 49.7 Å². The zero-order chi connectivity index (χ0) is 28.6. The molecule has 41 heavy (non-hydrogen) atoms. The number of anilines is 2. The number of benzene rings is 2. The molecule has 0 amide bonds. The van der Waals surface area contributed by atoms with Crippen molar-refractivity contribution in [2.75, 3.05) is 55.6 Å². The van der Waals surface area contributed by atoms with Gasteiger partial charge in [-0.2, -0.15) is 18.3 Å². The van der Waals surface area contributed by atoms with E-state index in [1.807, 2.05) is 11.0 Å². The number of piperazine rings is 1. The summed E-state index contributed by atoms with van der Waals surface area (Å²) in [4.78, 5) is 17.8. The molecule has 2 aromatic carbocycles. The summed E-state index contributed by atoms with van der Waals surface area (Å²) in [7, 11) is 0. The van der Waals surface area contributed by atoms with Crippen LogP contribution in [0.3, 0.4) is 0 Å². The number of aromatic carboxylic acids is 1. The lowest BCUT2D eigenvalue weighted by molar-refractivity contribution is -0.145. The lowest BCUT2D eigenvalue weighted by atomic mass is 9.98. The maximum Gasteiger partial charge on any atom is 0.433 e. The third-order valence-corrected chi connectivity index (χ3v) is 8.00. The largest absolute Gasteiger partial charge is 0.478 e. The number of aromatic nitrogens is 2. The van der Waals surface area contributed by atoms with E-state index >= 15 is 4.39 Å². The maximum absolute atomic E-state index is 15.6. The fourth-order valence-corrected chi connectivity index (χ4v) is 5.85. The minimum Gasteiger partial charge on any atom is -0.478 e. The molecule has 3 aromatic rings. The first-order valence-corrected chi connectivity index (χ1v) is 13.6. The van der Waals surface area contributed by atoms with Gasteiger partial charge in [0.15, 0.2) is 5.69 Å². The number of piperidine rings is 1. The quantitative estimate of drug-likeness (QED) is 0.321. The summed E-state index contributed by atoms with van der Waals surface area (Å²) >= 11 is 6.33. The summed E-state index contributed by atoms with van der Waals surface area (Å²) in [6, 6.07) is 9.49. The number of halogens is 6. The highest BCUT2D eigenvalue weighted by atomic mass is 35.5. The Hall–Kier alpha value is -3.02. The van der Waals surface area contributed by atoms with E-state index in [0.29, 0.717) is 41.2 Å². The predicted molar refractivity (Wildman–Crippen MR) is 153 cm³/mol. The van der Waals surface area contributed by atoms with Gasteiger partial charge in [0.25, 0.3) is 0 Å². The molecule has 2 saturated heterocycles. The second-order valence-electron chi connectivity index (χ2n) is 10.1. The average Bonchev–Trinajstić information content (AvgIpc) is 3.40. The smallest absolute Gasteiger partial charge is 0.433 e. The van der Waals surface area contributed by atoms with E-state index in [1.54, 1.807) is 24.3 Å². The van der Waals surface area contributed by atoms with Crippen LogP contribution in [0.15, 0.2) is 42.6 Å². The van der Waals surface area contributed by atoms with Crippen molar-refractivity contribution in [1.29, 1.82) is 0 Å². The number of hydrogen-bond acceptors (Lipinski definition) is 5. The molecule has 0 bridgehead atoms. The number of rotatable bonds is 6. The highest BCUT2D eigenvalue weighted by Crippen LogP contribution is 2.40. The molecule has 222 valence electrons. The van der Waals surface area contributed by atoms with Crippen LogP contribution < -0.4 is 9.80 Å². The monoisotopic (exact) mass is 615 g/mol. The number of carboxylic acid groups (broad SMARTS) is 1. The van der Waals surface area contributed by atoms with Crippen LogP contribution in [0.4, 0.5) is 28.9 Å². The van der Waals surface area contributed by atoms with Crippen molar-refractivity contribution >= 4 is 41.4 Å². The molecular formula is C28H31Cl2F4N5O2. The van der Waals surface area contributed by atoms with Crippen molar-refractivity contribution in [2.45, 2.75) is 32.0 Å². The fourth-order valence-electron chi connectivity index (χ4n) is 5.69. The van der Waals surface area contributed by atoms with Crippen LogP contribution in [0, 0.1) is 5.82 Å². The Bertz CT molecular complexity index is 1390. The van der Waals surface area contributed by atoms with Crippen molar-refractivity contribution in [3.05, 3.63) is 64.7 Å². The number of carbonyl (C=O) groups is 1. The van der Waals surface area contributed by atoms with Crippen molar-refractivity contribution in [3.63, 3.8) is 0 Å². The summed E-state index contributed by atoms with van der Waals surface area (Å²) in [5.41, 5.74) is 0.184. The Morgan fingerprint density at radius 2 is 1.76 bits per heavy atom. The topological polar surface area (TPSA) is 64.8 Å². The van der Waals surface area contributed by atoms with Crippen molar-refractivity contribution in [3.8, 4) is 11.1 Å². The van der Waals surface area contributed by atoms with Gasteiger partial charge >= 0.3 is 12.1 Å². The molecule has 0 aliphatic carbocycles. The minimum absolute atomic E-state index is 0. The predicted octanol–water partition coefficient (Wildman–Crippen LogP) is 6.46. The molecule has 2 aliphatic heterocycles. The van der Waals surface area contributed by atoms with Gasteiger partial charge in [0.2, 0.25) is 0 Å². The van der Waals surface area contributed by atoms with E-state index in [1.165, 1.54) is 6.07 Å². The number of hydrogen-bond donors (Lipinski definition) is 1. The van der Waals surface area contributed by atoms with Crippen LogP contribution in [-0.2, 0) is 6.18 Å². The van der Waals surface area contributed by atoms with Crippen LogP contribution in [0.5, 0.6) is 0 Å². The summed E-state index contributed by atoms with van der Waals surface area (Å²) in [5, 5.41) is 13.5. The van der Waals surface area contributed by atoms with Gasteiger partial charge in [0, 0.05) is 66.8 Å². The maximum atomic E-state index is 15.6. The molecule has 0 spiro atoms. The normalized spacial score (nSPS) is 18.3. The van der Waals surface area contributed by atoms with Crippen molar-refractivity contribution in [2.24, 2.45) is 0 Å². The van der Waals surface area contributed by atoms with Gasteiger partial charge in [-0.25, -0.2) is 9.18 Å². The SMILES string of the molecule is CCN1CCN(c2ccc(-c3ccc(Cl)cc3N3CCCC(n4ncc(C(=O)O)c4C(F)(F)F)C3)c(F)c2)CC1.Cl. The van der Waals surface area contributed by atoms with Crippen LogP contribution in [0.1, 0.15) is 41.9 Å². The first-order chi connectivity index (χ1) is 19.1. The van der Waals surface area contributed by atoms with Gasteiger partial charge in [0.1, 0.15) is 11.4 Å². The molecule has 1 atom stereocenters.